The number of benzene rings is 2. The van der Waals surface area contributed by atoms with Crippen LogP contribution in [0.4, 0.5) is 0 Å². The number of hydrogen-bond acceptors (Lipinski definition) is 5. The second-order valence-corrected chi connectivity index (χ2v) is 9.77. The number of fused-ring (bicyclic) bond motifs is 1. The molecule has 1 saturated carbocycles. The number of amides is 2. The van der Waals surface area contributed by atoms with Crippen LogP contribution in [-0.2, 0) is 16.2 Å². The molecular weight excluding hydrogens is 531 g/mol. The van der Waals surface area contributed by atoms with Crippen molar-refractivity contribution in [1.29, 1.82) is 0 Å². The van der Waals surface area contributed by atoms with Gasteiger partial charge < -0.3 is 9.47 Å². The maximum atomic E-state index is 13.0. The van der Waals surface area contributed by atoms with Crippen molar-refractivity contribution < 1.29 is 19.1 Å². The second kappa shape index (κ2) is 9.29. The highest BCUT2D eigenvalue weighted by Crippen LogP contribution is 2.49. The normalized spacial score (nSPS) is 25.7. The minimum atomic E-state index is -0.258. The maximum Gasteiger partial charge on any atom is 0.254 e. The molecule has 4 aliphatic rings. The number of hydrazone groups is 1. The molecule has 3 aliphatic carbocycles. The third-order valence-electron chi connectivity index (χ3n) is 6.62. The van der Waals surface area contributed by atoms with Gasteiger partial charge in [0.15, 0.2) is 11.5 Å². The molecule has 1 saturated heterocycles. The van der Waals surface area contributed by atoms with E-state index in [2.05, 4.69) is 39.8 Å². The van der Waals surface area contributed by atoms with Crippen molar-refractivity contribution in [3.8, 4) is 11.5 Å². The van der Waals surface area contributed by atoms with Gasteiger partial charge in [-0.2, -0.15) is 10.1 Å². The predicted octanol–water partition coefficient (Wildman–Crippen LogP) is 4.80. The summed E-state index contributed by atoms with van der Waals surface area (Å²) in [5, 5.41) is 5.41. The largest absolute Gasteiger partial charge is 0.490 e. The standard InChI is InChI=1S/C26H25IN2O4/c1-2-32-21-13-17(12-20(27)24(21)33-15-16-6-4-3-5-7-16)14-28-29-25(30)22-18-8-9-19(11-10-18)23(22)26(29)31/h3-9,12-14,18-19,22-23H,2,10-11,15H2,1H3/b28-14-/t18-,19-,22+,23+/m0/s1. The van der Waals surface area contributed by atoms with Crippen LogP contribution in [0.5, 0.6) is 11.5 Å². The van der Waals surface area contributed by atoms with Crippen molar-refractivity contribution in [2.75, 3.05) is 6.61 Å². The van der Waals surface area contributed by atoms with E-state index in [1.165, 1.54) is 0 Å². The summed E-state index contributed by atoms with van der Waals surface area (Å²) in [6.45, 7) is 2.83. The number of ether oxygens (including phenoxy) is 2. The molecule has 0 unspecified atom stereocenters. The molecule has 6 nitrogen and oxygen atoms in total. The lowest BCUT2D eigenvalue weighted by molar-refractivity contribution is -0.140. The highest BCUT2D eigenvalue weighted by molar-refractivity contribution is 14.1. The van der Waals surface area contributed by atoms with Gasteiger partial charge in [0.1, 0.15) is 6.61 Å². The fourth-order valence-electron chi connectivity index (χ4n) is 5.09. The zero-order valence-electron chi connectivity index (χ0n) is 18.3. The fraction of sp³-hybridized carbons (Fsp3) is 0.346. The van der Waals surface area contributed by atoms with Crippen molar-refractivity contribution in [2.24, 2.45) is 28.8 Å². The molecule has 4 atom stereocenters. The molecule has 0 N–H and O–H groups in total. The van der Waals surface area contributed by atoms with E-state index in [0.29, 0.717) is 24.7 Å². The number of allylic oxidation sites excluding steroid dienone is 2. The summed E-state index contributed by atoms with van der Waals surface area (Å²) in [6.07, 6.45) is 7.73. The second-order valence-electron chi connectivity index (χ2n) is 8.61. The first-order chi connectivity index (χ1) is 16.1. The van der Waals surface area contributed by atoms with E-state index >= 15 is 0 Å². The van der Waals surface area contributed by atoms with Gasteiger partial charge in [-0.3, -0.25) is 9.59 Å². The van der Waals surface area contributed by atoms with Gasteiger partial charge in [-0.05, 0) is 77.5 Å². The summed E-state index contributed by atoms with van der Waals surface area (Å²) < 4.78 is 12.8. The molecule has 2 amide bonds. The molecule has 2 aromatic rings. The van der Waals surface area contributed by atoms with E-state index in [1.807, 2.05) is 49.4 Å². The first-order valence-electron chi connectivity index (χ1n) is 11.3. The van der Waals surface area contributed by atoms with E-state index < -0.39 is 0 Å². The number of carbonyl (C=O) groups excluding carboxylic acids is 2. The first-order valence-corrected chi connectivity index (χ1v) is 12.4. The van der Waals surface area contributed by atoms with E-state index in [9.17, 15) is 9.59 Å². The van der Waals surface area contributed by atoms with Crippen LogP contribution in [0, 0.1) is 27.2 Å². The number of nitrogens with zero attached hydrogens (tertiary/aromatic N) is 2. The Labute approximate surface area is 206 Å². The third-order valence-corrected chi connectivity index (χ3v) is 7.42. The Kier molecular flexibility index (Phi) is 6.23. The van der Waals surface area contributed by atoms with Crippen molar-refractivity contribution in [3.05, 3.63) is 69.3 Å². The number of imide groups is 1. The predicted molar refractivity (Wildman–Crippen MR) is 133 cm³/mol. The van der Waals surface area contributed by atoms with Crippen molar-refractivity contribution in [3.63, 3.8) is 0 Å². The third kappa shape index (κ3) is 4.18. The number of halogens is 1. The minimum Gasteiger partial charge on any atom is -0.490 e. The van der Waals surface area contributed by atoms with Gasteiger partial charge in [0, 0.05) is 0 Å². The van der Waals surface area contributed by atoms with E-state index in [0.717, 1.165) is 32.5 Å². The molecule has 2 aromatic carbocycles. The van der Waals surface area contributed by atoms with Crippen LogP contribution in [0.1, 0.15) is 30.9 Å². The van der Waals surface area contributed by atoms with Crippen molar-refractivity contribution >= 4 is 40.6 Å². The summed E-state index contributed by atoms with van der Waals surface area (Å²) in [7, 11) is 0. The Balaban J connectivity index is 1.36. The summed E-state index contributed by atoms with van der Waals surface area (Å²) in [4.78, 5) is 26.0. The molecule has 6 rings (SSSR count). The average molecular weight is 556 g/mol. The Hall–Kier alpha value is -2.68. The molecule has 33 heavy (non-hydrogen) atoms. The number of carbonyl (C=O) groups is 2. The SMILES string of the molecule is CCOc1cc(/C=N\N2C(=O)[C@H]3[C@H](C2=O)[C@H]2C=C[C@H]3CC2)cc(I)c1OCc1ccccc1. The molecule has 7 heteroatoms. The summed E-state index contributed by atoms with van der Waals surface area (Å²) in [6, 6.07) is 13.7. The summed E-state index contributed by atoms with van der Waals surface area (Å²) in [5.41, 5.74) is 1.81. The van der Waals surface area contributed by atoms with Crippen LogP contribution in [0.25, 0.3) is 0 Å². The zero-order chi connectivity index (χ0) is 22.9. The lowest BCUT2D eigenvalue weighted by Crippen LogP contribution is -2.38. The van der Waals surface area contributed by atoms with Crippen LogP contribution in [0.3, 0.4) is 0 Å². The molecule has 0 aromatic heterocycles. The highest BCUT2D eigenvalue weighted by Gasteiger charge is 2.56. The molecule has 170 valence electrons. The summed E-state index contributed by atoms with van der Waals surface area (Å²) in [5.74, 6) is 0.715. The number of rotatable bonds is 7. The lowest BCUT2D eigenvalue weighted by atomic mass is 9.63. The van der Waals surface area contributed by atoms with Gasteiger partial charge in [-0.15, -0.1) is 0 Å². The zero-order valence-corrected chi connectivity index (χ0v) is 20.5. The highest BCUT2D eigenvalue weighted by atomic mass is 127. The topological polar surface area (TPSA) is 68.2 Å². The van der Waals surface area contributed by atoms with Crippen molar-refractivity contribution in [2.45, 2.75) is 26.4 Å². The van der Waals surface area contributed by atoms with Crippen LogP contribution < -0.4 is 9.47 Å². The quantitative estimate of drug-likeness (QED) is 0.213. The van der Waals surface area contributed by atoms with E-state index in [-0.39, 0.29) is 35.5 Å². The van der Waals surface area contributed by atoms with Crippen molar-refractivity contribution in [1.82, 2.24) is 5.01 Å². The van der Waals surface area contributed by atoms with Gasteiger partial charge >= 0.3 is 0 Å². The Morgan fingerprint density at radius 2 is 1.70 bits per heavy atom. The van der Waals surface area contributed by atoms with Gasteiger partial charge in [-0.25, -0.2) is 0 Å². The van der Waals surface area contributed by atoms with Gasteiger partial charge in [0.2, 0.25) is 0 Å². The fourth-order valence-corrected chi connectivity index (χ4v) is 5.87. The summed E-state index contributed by atoms with van der Waals surface area (Å²) >= 11 is 2.21. The smallest absolute Gasteiger partial charge is 0.254 e. The van der Waals surface area contributed by atoms with Crippen LogP contribution in [0.2, 0.25) is 0 Å². The maximum absolute atomic E-state index is 13.0. The van der Waals surface area contributed by atoms with Crippen LogP contribution in [-0.4, -0.2) is 29.6 Å². The Morgan fingerprint density at radius 1 is 1.03 bits per heavy atom. The molecule has 2 bridgehead atoms. The van der Waals surface area contributed by atoms with E-state index in [4.69, 9.17) is 9.47 Å². The lowest BCUT2D eigenvalue weighted by Gasteiger charge is -2.37. The van der Waals surface area contributed by atoms with Gasteiger partial charge in [0.25, 0.3) is 11.8 Å². The van der Waals surface area contributed by atoms with E-state index in [1.54, 1.807) is 6.21 Å². The molecule has 0 radical (unpaired) electrons. The molecule has 0 spiro atoms. The molecule has 1 aliphatic heterocycles. The minimum absolute atomic E-state index is 0.156. The van der Waals surface area contributed by atoms with Crippen LogP contribution >= 0.6 is 22.6 Å². The number of hydrogen-bond donors (Lipinski definition) is 0. The first kappa shape index (κ1) is 22.1. The molecular formula is C26H25IN2O4. The molecule has 1 heterocycles. The van der Waals surface area contributed by atoms with Crippen LogP contribution in [0.15, 0.2) is 59.7 Å². The van der Waals surface area contributed by atoms with Gasteiger partial charge in [0.05, 0.1) is 28.2 Å². The monoisotopic (exact) mass is 556 g/mol. The van der Waals surface area contributed by atoms with Gasteiger partial charge in [-0.1, -0.05) is 42.5 Å². The molecule has 2 fully saturated rings. The Morgan fingerprint density at radius 3 is 2.30 bits per heavy atom. The average Bonchev–Trinajstić information content (AvgIpc) is 3.10. The Bertz CT molecular complexity index is 1100.